The Morgan fingerprint density at radius 1 is 1.14 bits per heavy atom. The third kappa shape index (κ3) is 3.67. The molecule has 1 amide bonds. The summed E-state index contributed by atoms with van der Waals surface area (Å²) in [6, 6.07) is 8.82. The quantitative estimate of drug-likeness (QED) is 0.839. The molecule has 1 aromatic carbocycles. The maximum atomic E-state index is 13.4. The lowest BCUT2D eigenvalue weighted by atomic mass is 9.77. The molecule has 0 spiro atoms. The highest BCUT2D eigenvalue weighted by atomic mass is 16.5. The first-order valence-electron chi connectivity index (χ1n) is 10.6. The van der Waals surface area contributed by atoms with Crippen LogP contribution in [0.1, 0.15) is 68.5 Å². The van der Waals surface area contributed by atoms with Crippen LogP contribution < -0.4 is 10.1 Å². The summed E-state index contributed by atoms with van der Waals surface area (Å²) >= 11 is 0. The number of nitrogens with zero attached hydrogens (tertiary/aromatic N) is 2. The molecule has 28 heavy (non-hydrogen) atoms. The zero-order valence-corrected chi connectivity index (χ0v) is 17.0. The summed E-state index contributed by atoms with van der Waals surface area (Å²) < 4.78 is 7.39. The van der Waals surface area contributed by atoms with E-state index in [1.807, 2.05) is 18.3 Å². The topological polar surface area (TPSA) is 56.1 Å². The largest absolute Gasteiger partial charge is 0.497 e. The highest BCUT2D eigenvalue weighted by Gasteiger charge is 2.43. The molecular weight excluding hydrogens is 350 g/mol. The number of hydrogen-bond acceptors (Lipinski definition) is 3. The second kappa shape index (κ2) is 7.98. The molecule has 0 aliphatic heterocycles. The van der Waals surface area contributed by atoms with Gasteiger partial charge >= 0.3 is 0 Å². The maximum Gasteiger partial charge on any atom is 0.230 e. The smallest absolute Gasteiger partial charge is 0.230 e. The number of benzene rings is 1. The van der Waals surface area contributed by atoms with Crippen molar-refractivity contribution in [2.45, 2.75) is 75.8 Å². The molecule has 150 valence electrons. The molecule has 2 aromatic rings. The maximum absolute atomic E-state index is 13.4. The van der Waals surface area contributed by atoms with E-state index in [-0.39, 0.29) is 17.4 Å². The van der Waals surface area contributed by atoms with Gasteiger partial charge in [0.1, 0.15) is 5.75 Å². The van der Waals surface area contributed by atoms with Gasteiger partial charge in [-0.25, -0.2) is 0 Å². The van der Waals surface area contributed by atoms with E-state index >= 15 is 0 Å². The van der Waals surface area contributed by atoms with Gasteiger partial charge in [-0.2, -0.15) is 5.10 Å². The molecule has 2 aliphatic carbocycles. The number of ether oxygens (including phenoxy) is 1. The van der Waals surface area contributed by atoms with E-state index in [0.29, 0.717) is 6.04 Å². The molecule has 1 aromatic heterocycles. The summed E-state index contributed by atoms with van der Waals surface area (Å²) in [5, 5.41) is 7.88. The van der Waals surface area contributed by atoms with Crippen LogP contribution in [0.4, 0.5) is 0 Å². The van der Waals surface area contributed by atoms with Crippen LogP contribution in [-0.4, -0.2) is 28.8 Å². The van der Waals surface area contributed by atoms with Crippen molar-refractivity contribution in [3.05, 3.63) is 47.8 Å². The summed E-state index contributed by atoms with van der Waals surface area (Å²) in [6.07, 6.45) is 12.3. The molecule has 0 atom stereocenters. The normalized spacial score (nSPS) is 24.1. The zero-order valence-electron chi connectivity index (χ0n) is 17.0. The average molecular weight is 382 g/mol. The lowest BCUT2D eigenvalue weighted by Crippen LogP contribution is -2.48. The monoisotopic (exact) mass is 381 g/mol. The van der Waals surface area contributed by atoms with E-state index in [1.165, 1.54) is 5.56 Å². The molecule has 1 heterocycles. The van der Waals surface area contributed by atoms with Crippen molar-refractivity contribution in [2.24, 2.45) is 0 Å². The zero-order chi connectivity index (χ0) is 19.6. The molecule has 4 rings (SSSR count). The van der Waals surface area contributed by atoms with Gasteiger partial charge in [0, 0.05) is 12.2 Å². The van der Waals surface area contributed by atoms with E-state index in [1.54, 1.807) is 7.11 Å². The average Bonchev–Trinajstić information content (AvgIpc) is 3.39. The standard InChI is InChI=1S/C23H31N3O2/c1-17-15-24-26(16-17)20-9-7-19(8-10-20)25-22(27)23(13-3-4-14-23)18-5-11-21(28-2)12-6-18/h5-6,11-12,15-16,19-20H,3-4,7-10,13-14H2,1-2H3,(H,25,27). The molecule has 2 fully saturated rings. The number of rotatable bonds is 5. The van der Waals surface area contributed by atoms with Crippen LogP contribution in [0.2, 0.25) is 0 Å². The molecule has 5 heteroatoms. The molecule has 0 bridgehead atoms. The minimum atomic E-state index is -0.373. The predicted octanol–water partition coefficient (Wildman–Crippen LogP) is 4.31. The third-order valence-electron chi connectivity index (χ3n) is 6.67. The van der Waals surface area contributed by atoms with Gasteiger partial charge in [-0.15, -0.1) is 0 Å². The van der Waals surface area contributed by atoms with Gasteiger partial charge in [0.2, 0.25) is 5.91 Å². The first-order chi connectivity index (χ1) is 13.6. The van der Waals surface area contributed by atoms with Crippen molar-refractivity contribution >= 4 is 5.91 Å². The first kappa shape index (κ1) is 19.0. The van der Waals surface area contributed by atoms with E-state index in [4.69, 9.17) is 4.74 Å². The fourth-order valence-electron chi connectivity index (χ4n) is 4.98. The summed E-state index contributed by atoms with van der Waals surface area (Å²) in [6.45, 7) is 2.08. The van der Waals surface area contributed by atoms with Crippen molar-refractivity contribution in [1.82, 2.24) is 15.1 Å². The van der Waals surface area contributed by atoms with E-state index in [9.17, 15) is 4.79 Å². The Labute approximate surface area is 167 Å². The Kier molecular flexibility index (Phi) is 5.42. The SMILES string of the molecule is COc1ccc(C2(C(=O)NC3CCC(n4cc(C)cn4)CC3)CCCC2)cc1. The number of methoxy groups -OCH3 is 1. The fourth-order valence-corrected chi connectivity index (χ4v) is 4.98. The molecule has 2 aliphatic rings. The van der Waals surface area contributed by atoms with Gasteiger partial charge < -0.3 is 10.1 Å². The minimum Gasteiger partial charge on any atom is -0.497 e. The Morgan fingerprint density at radius 2 is 1.82 bits per heavy atom. The number of amides is 1. The Hall–Kier alpha value is -2.30. The first-order valence-corrected chi connectivity index (χ1v) is 10.6. The number of aromatic nitrogens is 2. The van der Waals surface area contributed by atoms with E-state index in [0.717, 1.165) is 62.7 Å². The second-order valence-electron chi connectivity index (χ2n) is 8.49. The highest BCUT2D eigenvalue weighted by Crippen LogP contribution is 2.42. The molecule has 2 saturated carbocycles. The Bertz CT molecular complexity index is 798. The van der Waals surface area contributed by atoms with Crippen molar-refractivity contribution in [2.75, 3.05) is 7.11 Å². The molecular formula is C23H31N3O2. The Morgan fingerprint density at radius 3 is 2.39 bits per heavy atom. The van der Waals surface area contributed by atoms with E-state index in [2.05, 4.69) is 40.4 Å². The number of hydrogen-bond donors (Lipinski definition) is 1. The van der Waals surface area contributed by atoms with Crippen LogP contribution in [0.15, 0.2) is 36.7 Å². The minimum absolute atomic E-state index is 0.216. The number of carbonyl (C=O) groups excluding carboxylic acids is 1. The van der Waals surface area contributed by atoms with Gasteiger partial charge in [-0.1, -0.05) is 25.0 Å². The van der Waals surface area contributed by atoms with Crippen LogP contribution in [0.5, 0.6) is 5.75 Å². The number of carbonyl (C=O) groups is 1. The van der Waals surface area contributed by atoms with Crippen LogP contribution in [0, 0.1) is 6.92 Å². The van der Waals surface area contributed by atoms with E-state index < -0.39 is 0 Å². The molecule has 1 N–H and O–H groups in total. The van der Waals surface area contributed by atoms with Crippen LogP contribution in [-0.2, 0) is 10.2 Å². The van der Waals surface area contributed by atoms with Crippen molar-refractivity contribution in [1.29, 1.82) is 0 Å². The van der Waals surface area contributed by atoms with Gasteiger partial charge in [-0.05, 0) is 68.7 Å². The molecule has 5 nitrogen and oxygen atoms in total. The lowest BCUT2D eigenvalue weighted by Gasteiger charge is -2.34. The third-order valence-corrected chi connectivity index (χ3v) is 6.67. The van der Waals surface area contributed by atoms with Crippen molar-refractivity contribution < 1.29 is 9.53 Å². The predicted molar refractivity (Wildman–Crippen MR) is 110 cm³/mol. The van der Waals surface area contributed by atoms with Gasteiger partial charge in [0.25, 0.3) is 0 Å². The van der Waals surface area contributed by atoms with Crippen molar-refractivity contribution in [3.8, 4) is 5.75 Å². The molecule has 0 unspecified atom stereocenters. The summed E-state index contributed by atoms with van der Waals surface area (Å²) in [5.74, 6) is 1.05. The fraction of sp³-hybridized carbons (Fsp3) is 0.565. The number of aryl methyl sites for hydroxylation is 1. The number of nitrogens with one attached hydrogen (secondary N) is 1. The van der Waals surface area contributed by atoms with Gasteiger partial charge in [-0.3, -0.25) is 9.48 Å². The van der Waals surface area contributed by atoms with Gasteiger partial charge in [0.05, 0.1) is 24.8 Å². The molecule has 0 saturated heterocycles. The van der Waals surface area contributed by atoms with Gasteiger partial charge in [0.15, 0.2) is 0 Å². The highest BCUT2D eigenvalue weighted by molar-refractivity contribution is 5.88. The second-order valence-corrected chi connectivity index (χ2v) is 8.49. The van der Waals surface area contributed by atoms with Crippen LogP contribution >= 0.6 is 0 Å². The Balaban J connectivity index is 1.41. The summed E-state index contributed by atoms with van der Waals surface area (Å²) in [7, 11) is 1.67. The summed E-state index contributed by atoms with van der Waals surface area (Å²) in [4.78, 5) is 13.4. The van der Waals surface area contributed by atoms with Crippen LogP contribution in [0.25, 0.3) is 0 Å². The molecule has 0 radical (unpaired) electrons. The summed E-state index contributed by atoms with van der Waals surface area (Å²) in [5.41, 5.74) is 1.96. The van der Waals surface area contributed by atoms with Crippen molar-refractivity contribution in [3.63, 3.8) is 0 Å². The van der Waals surface area contributed by atoms with Crippen LogP contribution in [0.3, 0.4) is 0 Å². The lowest BCUT2D eigenvalue weighted by molar-refractivity contribution is -0.127.